The summed E-state index contributed by atoms with van der Waals surface area (Å²) in [7, 11) is 0. The zero-order valence-electron chi connectivity index (χ0n) is 9.92. The Morgan fingerprint density at radius 1 is 1.50 bits per heavy atom. The van der Waals surface area contributed by atoms with E-state index >= 15 is 0 Å². The number of nitrogens with zero attached hydrogens (tertiary/aromatic N) is 3. The standard InChI is InChI=1S/C12H13N5S/c1-8-2-3-14-10(4-8)12(7-18-11(13)17-12)9-5-15-16-6-9/h2-6H,7H2,1H3,(H2,13,17)(H,15,16). The fourth-order valence-electron chi connectivity index (χ4n) is 2.10. The molecule has 3 heterocycles. The fraction of sp³-hybridized carbons (Fsp3) is 0.250. The van der Waals surface area contributed by atoms with E-state index < -0.39 is 5.54 Å². The molecule has 1 aliphatic rings. The third-order valence-electron chi connectivity index (χ3n) is 3.04. The van der Waals surface area contributed by atoms with Crippen molar-refractivity contribution >= 4 is 16.9 Å². The second-order valence-corrected chi connectivity index (χ2v) is 5.30. The normalized spacial score (nSPS) is 23.1. The number of aromatic nitrogens is 3. The van der Waals surface area contributed by atoms with E-state index in [2.05, 4.69) is 26.2 Å². The molecule has 0 radical (unpaired) electrons. The summed E-state index contributed by atoms with van der Waals surface area (Å²) in [5.41, 5.74) is 8.41. The first-order chi connectivity index (χ1) is 8.71. The monoisotopic (exact) mass is 259 g/mol. The minimum absolute atomic E-state index is 0.506. The third kappa shape index (κ3) is 1.69. The second kappa shape index (κ2) is 4.13. The van der Waals surface area contributed by atoms with Crippen LogP contribution in [-0.2, 0) is 5.54 Å². The van der Waals surface area contributed by atoms with Crippen molar-refractivity contribution in [3.05, 3.63) is 47.5 Å². The van der Waals surface area contributed by atoms with Gasteiger partial charge in [0.05, 0.1) is 11.9 Å². The maximum atomic E-state index is 5.85. The molecule has 1 atom stereocenters. The van der Waals surface area contributed by atoms with Crippen LogP contribution in [0.3, 0.4) is 0 Å². The minimum atomic E-state index is -0.506. The summed E-state index contributed by atoms with van der Waals surface area (Å²) in [6.07, 6.45) is 5.44. The maximum Gasteiger partial charge on any atom is 0.155 e. The Bertz CT molecular complexity index is 592. The number of aliphatic imine (C=N–C) groups is 1. The number of aromatic amines is 1. The molecule has 0 saturated heterocycles. The van der Waals surface area contributed by atoms with Crippen molar-refractivity contribution in [3.63, 3.8) is 0 Å². The molecule has 5 nitrogen and oxygen atoms in total. The smallest absolute Gasteiger partial charge is 0.155 e. The molecule has 6 heteroatoms. The van der Waals surface area contributed by atoms with Gasteiger partial charge in [-0.05, 0) is 24.6 Å². The van der Waals surface area contributed by atoms with Gasteiger partial charge in [-0.15, -0.1) is 0 Å². The van der Waals surface area contributed by atoms with E-state index in [-0.39, 0.29) is 0 Å². The molecule has 0 spiro atoms. The highest BCUT2D eigenvalue weighted by atomic mass is 32.2. The van der Waals surface area contributed by atoms with Crippen LogP contribution in [0.1, 0.15) is 16.8 Å². The molecule has 0 aliphatic carbocycles. The van der Waals surface area contributed by atoms with Crippen molar-refractivity contribution in [1.29, 1.82) is 0 Å². The predicted octanol–water partition coefficient (Wildman–Crippen LogP) is 1.42. The Morgan fingerprint density at radius 2 is 2.39 bits per heavy atom. The van der Waals surface area contributed by atoms with Crippen molar-refractivity contribution in [3.8, 4) is 0 Å². The molecular weight excluding hydrogens is 246 g/mol. The van der Waals surface area contributed by atoms with E-state index in [0.29, 0.717) is 5.17 Å². The summed E-state index contributed by atoms with van der Waals surface area (Å²) in [6.45, 7) is 2.05. The second-order valence-electron chi connectivity index (χ2n) is 4.30. The van der Waals surface area contributed by atoms with Crippen LogP contribution in [0.15, 0.2) is 35.7 Å². The van der Waals surface area contributed by atoms with Gasteiger partial charge < -0.3 is 5.73 Å². The van der Waals surface area contributed by atoms with Gasteiger partial charge in [0.15, 0.2) is 5.17 Å². The molecule has 1 aliphatic heterocycles. The van der Waals surface area contributed by atoms with Gasteiger partial charge in [0.2, 0.25) is 0 Å². The largest absolute Gasteiger partial charge is 0.378 e. The average Bonchev–Trinajstić information content (AvgIpc) is 2.98. The van der Waals surface area contributed by atoms with Crippen molar-refractivity contribution in [2.24, 2.45) is 10.7 Å². The van der Waals surface area contributed by atoms with Gasteiger partial charge in [0.25, 0.3) is 0 Å². The van der Waals surface area contributed by atoms with Gasteiger partial charge in [0, 0.05) is 23.7 Å². The summed E-state index contributed by atoms with van der Waals surface area (Å²) >= 11 is 1.55. The third-order valence-corrected chi connectivity index (χ3v) is 3.99. The van der Waals surface area contributed by atoms with Crippen LogP contribution in [0.4, 0.5) is 0 Å². The molecule has 3 rings (SSSR count). The Morgan fingerprint density at radius 3 is 3.00 bits per heavy atom. The van der Waals surface area contributed by atoms with Gasteiger partial charge in [-0.2, -0.15) is 5.10 Å². The van der Waals surface area contributed by atoms with E-state index in [0.717, 1.165) is 22.6 Å². The summed E-state index contributed by atoms with van der Waals surface area (Å²) in [5, 5.41) is 7.44. The minimum Gasteiger partial charge on any atom is -0.378 e. The highest BCUT2D eigenvalue weighted by Gasteiger charge is 2.40. The molecule has 0 bridgehead atoms. The number of nitrogens with one attached hydrogen (secondary N) is 1. The number of pyridine rings is 1. The number of aryl methyl sites for hydroxylation is 1. The molecule has 0 saturated carbocycles. The van der Waals surface area contributed by atoms with E-state index in [4.69, 9.17) is 5.73 Å². The van der Waals surface area contributed by atoms with Gasteiger partial charge in [0.1, 0.15) is 5.54 Å². The lowest BCUT2D eigenvalue weighted by Gasteiger charge is -2.23. The molecule has 2 aromatic heterocycles. The predicted molar refractivity (Wildman–Crippen MR) is 72.4 cm³/mol. The van der Waals surface area contributed by atoms with Gasteiger partial charge in [-0.3, -0.25) is 10.1 Å². The van der Waals surface area contributed by atoms with Crippen molar-refractivity contribution in [1.82, 2.24) is 15.2 Å². The van der Waals surface area contributed by atoms with Crippen LogP contribution >= 0.6 is 11.8 Å². The summed E-state index contributed by atoms with van der Waals surface area (Å²) < 4.78 is 0. The Labute approximate surface area is 109 Å². The number of hydrogen-bond acceptors (Lipinski definition) is 5. The van der Waals surface area contributed by atoms with Crippen LogP contribution in [0.2, 0.25) is 0 Å². The van der Waals surface area contributed by atoms with E-state index in [1.54, 1.807) is 24.2 Å². The summed E-state index contributed by atoms with van der Waals surface area (Å²) in [4.78, 5) is 9.08. The number of nitrogens with two attached hydrogens (primary N) is 1. The molecule has 18 heavy (non-hydrogen) atoms. The Hall–Kier alpha value is -1.82. The molecule has 3 N–H and O–H groups in total. The summed E-state index contributed by atoms with van der Waals surface area (Å²) in [5.74, 6) is 0.759. The molecule has 0 amide bonds. The van der Waals surface area contributed by atoms with Crippen molar-refractivity contribution < 1.29 is 0 Å². The van der Waals surface area contributed by atoms with E-state index in [9.17, 15) is 0 Å². The van der Waals surface area contributed by atoms with Crippen LogP contribution in [0.25, 0.3) is 0 Å². The zero-order chi connectivity index (χ0) is 12.6. The number of rotatable bonds is 2. The molecule has 92 valence electrons. The van der Waals surface area contributed by atoms with E-state index in [1.807, 2.05) is 19.2 Å². The first kappa shape index (κ1) is 11.3. The SMILES string of the molecule is Cc1ccnc(C2(c3cn[nH]c3)CSC(N)=N2)c1. The molecule has 0 fully saturated rings. The lowest BCUT2D eigenvalue weighted by Crippen LogP contribution is -2.27. The van der Waals surface area contributed by atoms with Crippen LogP contribution in [0.5, 0.6) is 0 Å². The average molecular weight is 259 g/mol. The van der Waals surface area contributed by atoms with Gasteiger partial charge in [-0.1, -0.05) is 11.8 Å². The topological polar surface area (TPSA) is 80.0 Å². The van der Waals surface area contributed by atoms with Crippen molar-refractivity contribution in [2.45, 2.75) is 12.5 Å². The molecule has 1 unspecified atom stereocenters. The molecular formula is C12H13N5S. The van der Waals surface area contributed by atoms with Gasteiger partial charge >= 0.3 is 0 Å². The van der Waals surface area contributed by atoms with Crippen molar-refractivity contribution in [2.75, 3.05) is 5.75 Å². The number of thioether (sulfide) groups is 1. The Balaban J connectivity index is 2.18. The van der Waals surface area contributed by atoms with Crippen LogP contribution < -0.4 is 5.73 Å². The lowest BCUT2D eigenvalue weighted by atomic mass is 9.90. The molecule has 2 aromatic rings. The lowest BCUT2D eigenvalue weighted by molar-refractivity contribution is 0.605. The first-order valence-corrected chi connectivity index (χ1v) is 6.60. The van der Waals surface area contributed by atoms with Crippen LogP contribution in [0, 0.1) is 6.92 Å². The fourth-order valence-corrected chi connectivity index (χ4v) is 3.05. The number of H-pyrrole nitrogens is 1. The molecule has 0 aromatic carbocycles. The highest BCUT2D eigenvalue weighted by molar-refractivity contribution is 8.14. The van der Waals surface area contributed by atoms with Crippen LogP contribution in [-0.4, -0.2) is 26.1 Å². The maximum absolute atomic E-state index is 5.85. The zero-order valence-corrected chi connectivity index (χ0v) is 10.7. The number of hydrogen-bond donors (Lipinski definition) is 2. The Kier molecular flexibility index (Phi) is 2.59. The summed E-state index contributed by atoms with van der Waals surface area (Å²) in [6, 6.07) is 4.03. The first-order valence-electron chi connectivity index (χ1n) is 5.61. The quantitative estimate of drug-likeness (QED) is 0.854. The number of amidine groups is 1. The van der Waals surface area contributed by atoms with Gasteiger partial charge in [-0.25, -0.2) is 4.99 Å². The highest BCUT2D eigenvalue weighted by Crippen LogP contribution is 2.40. The van der Waals surface area contributed by atoms with E-state index in [1.165, 1.54) is 0 Å².